The minimum atomic E-state index is 0.00673. The molecule has 2 aromatic carbocycles. The van der Waals surface area contributed by atoms with E-state index in [0.29, 0.717) is 6.42 Å². The van der Waals surface area contributed by atoms with Crippen LogP contribution < -0.4 is 16.4 Å². The van der Waals surface area contributed by atoms with Crippen molar-refractivity contribution in [3.05, 3.63) is 65.9 Å². The quantitative estimate of drug-likeness (QED) is 0.707. The van der Waals surface area contributed by atoms with E-state index in [2.05, 4.69) is 29.7 Å². The maximum atomic E-state index is 12.0. The Morgan fingerprint density at radius 1 is 1.22 bits per heavy atom. The Balaban J connectivity index is 1.98. The van der Waals surface area contributed by atoms with E-state index < -0.39 is 0 Å². The molecule has 2 atom stereocenters. The third-order valence-electron chi connectivity index (χ3n) is 4.74. The molecule has 1 amide bonds. The molecule has 0 saturated heterocycles. The molecule has 0 aromatic heterocycles. The molecule has 1 aliphatic heterocycles. The number of nitrogens with two attached hydrogens (primary N) is 1. The van der Waals surface area contributed by atoms with Crippen LogP contribution >= 0.6 is 0 Å². The first-order chi connectivity index (χ1) is 13.0. The first-order valence-electron chi connectivity index (χ1n) is 9.21. The summed E-state index contributed by atoms with van der Waals surface area (Å²) in [5.41, 5.74) is 11.4. The van der Waals surface area contributed by atoms with Crippen LogP contribution in [0.4, 0.5) is 11.4 Å². The number of para-hydroxylation sites is 1. The minimum absolute atomic E-state index is 0.00673. The Labute approximate surface area is 160 Å². The van der Waals surface area contributed by atoms with Gasteiger partial charge in [0.1, 0.15) is 0 Å². The van der Waals surface area contributed by atoms with Crippen molar-refractivity contribution in [1.29, 1.82) is 0 Å². The average Bonchev–Trinajstić information content (AvgIpc) is 2.79. The molecule has 0 bridgehead atoms. The van der Waals surface area contributed by atoms with E-state index >= 15 is 0 Å². The zero-order valence-corrected chi connectivity index (χ0v) is 16.0. The largest absolute Gasteiger partial charge is 0.404 e. The molecule has 2 aromatic rings. The molecule has 1 unspecified atom stereocenters. The molecule has 0 radical (unpaired) electrons. The van der Waals surface area contributed by atoms with Crippen LogP contribution in [-0.2, 0) is 4.79 Å². The van der Waals surface area contributed by atoms with E-state index in [-0.39, 0.29) is 18.0 Å². The van der Waals surface area contributed by atoms with Crippen molar-refractivity contribution >= 4 is 28.6 Å². The van der Waals surface area contributed by atoms with Gasteiger partial charge in [-0.05, 0) is 32.4 Å². The number of amides is 1. The van der Waals surface area contributed by atoms with Gasteiger partial charge in [0.2, 0.25) is 5.91 Å². The summed E-state index contributed by atoms with van der Waals surface area (Å²) in [6.07, 6.45) is 2.01. The number of aliphatic imine (C=N–C) groups is 1. The maximum Gasteiger partial charge on any atom is 0.226 e. The number of rotatable bonds is 4. The second kappa shape index (κ2) is 8.08. The molecule has 0 spiro atoms. The van der Waals surface area contributed by atoms with Crippen LogP contribution in [0.25, 0.3) is 5.57 Å². The smallest absolute Gasteiger partial charge is 0.226 e. The Hall–Kier alpha value is -3.08. The Bertz CT molecular complexity index is 886. The molecule has 1 aliphatic rings. The number of nitrogens with one attached hydrogen (secondary N) is 2. The summed E-state index contributed by atoms with van der Waals surface area (Å²) in [6, 6.07) is 16.0. The second-order valence-electron chi connectivity index (χ2n) is 6.91. The molecule has 5 nitrogen and oxygen atoms in total. The average molecular weight is 362 g/mol. The van der Waals surface area contributed by atoms with E-state index in [9.17, 15) is 4.79 Å². The Morgan fingerprint density at radius 3 is 2.67 bits per heavy atom. The molecule has 27 heavy (non-hydrogen) atoms. The lowest BCUT2D eigenvalue weighted by atomic mass is 9.98. The predicted octanol–water partition coefficient (Wildman–Crippen LogP) is 4.35. The topological polar surface area (TPSA) is 79.5 Å². The lowest BCUT2D eigenvalue weighted by molar-refractivity contribution is -0.116. The molecule has 3 rings (SSSR count). The van der Waals surface area contributed by atoms with Crippen LogP contribution in [0.15, 0.2) is 59.7 Å². The summed E-state index contributed by atoms with van der Waals surface area (Å²) in [7, 11) is 0. The van der Waals surface area contributed by atoms with Gasteiger partial charge >= 0.3 is 0 Å². The number of benzene rings is 2. The Kier molecular flexibility index (Phi) is 5.60. The highest BCUT2D eigenvalue weighted by Crippen LogP contribution is 2.35. The second-order valence-corrected chi connectivity index (χ2v) is 6.91. The van der Waals surface area contributed by atoms with Crippen LogP contribution in [0.2, 0.25) is 0 Å². The van der Waals surface area contributed by atoms with Gasteiger partial charge in [-0.15, -0.1) is 0 Å². The van der Waals surface area contributed by atoms with Crippen molar-refractivity contribution in [2.45, 2.75) is 39.3 Å². The van der Waals surface area contributed by atoms with Gasteiger partial charge in [0.05, 0.1) is 17.4 Å². The summed E-state index contributed by atoms with van der Waals surface area (Å²) in [5, 5.41) is 6.41. The summed E-state index contributed by atoms with van der Waals surface area (Å²) in [6.45, 7) is 6.03. The van der Waals surface area contributed by atoms with Gasteiger partial charge in [-0.3, -0.25) is 9.79 Å². The Morgan fingerprint density at radius 2 is 1.96 bits per heavy atom. The van der Waals surface area contributed by atoms with Crippen molar-refractivity contribution in [3.63, 3.8) is 0 Å². The van der Waals surface area contributed by atoms with Gasteiger partial charge in [0.25, 0.3) is 0 Å². The third kappa shape index (κ3) is 4.19. The summed E-state index contributed by atoms with van der Waals surface area (Å²) in [5.74, 6) is 0.00673. The standard InChI is InChI=1S/C22H26N4O/c1-14-12-21(27)26-20-11-7-10-18(22(20)24-14)19(13-23)16(3)25-15(2)17-8-5-4-6-9-17/h4-11,13-15,24H,12,23H2,1-3H3,(H,26,27)/t14-,15?/m1/s1. The van der Waals surface area contributed by atoms with E-state index in [1.807, 2.05) is 50.2 Å². The SMILES string of the molecule is CC(=NC(C)c1ccccc1)C(=CN)c1cccc2c1N[C@H](C)CC(=O)N2. The van der Waals surface area contributed by atoms with Gasteiger partial charge in [0.15, 0.2) is 0 Å². The van der Waals surface area contributed by atoms with Crippen molar-refractivity contribution in [2.75, 3.05) is 10.6 Å². The molecule has 0 saturated carbocycles. The highest BCUT2D eigenvalue weighted by Gasteiger charge is 2.22. The highest BCUT2D eigenvalue weighted by molar-refractivity contribution is 6.24. The summed E-state index contributed by atoms with van der Waals surface area (Å²) >= 11 is 0. The van der Waals surface area contributed by atoms with Crippen LogP contribution in [0.5, 0.6) is 0 Å². The third-order valence-corrected chi connectivity index (χ3v) is 4.74. The number of carbonyl (C=O) groups excluding carboxylic acids is 1. The van der Waals surface area contributed by atoms with Crippen LogP contribution in [0.3, 0.4) is 0 Å². The fourth-order valence-corrected chi connectivity index (χ4v) is 3.38. The number of allylic oxidation sites excluding steroid dienone is 1. The van der Waals surface area contributed by atoms with Gasteiger partial charge in [-0.25, -0.2) is 0 Å². The lowest BCUT2D eigenvalue weighted by Gasteiger charge is -2.19. The number of hydrogen-bond donors (Lipinski definition) is 3. The highest BCUT2D eigenvalue weighted by atomic mass is 16.1. The number of nitrogens with zero attached hydrogens (tertiary/aromatic N) is 1. The van der Waals surface area contributed by atoms with E-state index in [1.54, 1.807) is 6.20 Å². The first kappa shape index (κ1) is 18.7. The molecule has 1 heterocycles. The molecule has 5 heteroatoms. The number of carbonyl (C=O) groups is 1. The first-order valence-corrected chi connectivity index (χ1v) is 9.21. The number of anilines is 2. The van der Waals surface area contributed by atoms with Crippen LogP contribution in [0.1, 0.15) is 44.4 Å². The molecule has 140 valence electrons. The molecular weight excluding hydrogens is 336 g/mol. The van der Waals surface area contributed by atoms with Crippen molar-refractivity contribution in [2.24, 2.45) is 10.7 Å². The lowest BCUT2D eigenvalue weighted by Crippen LogP contribution is -2.19. The summed E-state index contributed by atoms with van der Waals surface area (Å²) < 4.78 is 0. The monoisotopic (exact) mass is 362 g/mol. The normalized spacial score (nSPS) is 18.8. The van der Waals surface area contributed by atoms with Crippen molar-refractivity contribution in [3.8, 4) is 0 Å². The van der Waals surface area contributed by atoms with Crippen LogP contribution in [-0.4, -0.2) is 17.7 Å². The van der Waals surface area contributed by atoms with Gasteiger partial charge in [-0.2, -0.15) is 0 Å². The van der Waals surface area contributed by atoms with Gasteiger partial charge < -0.3 is 16.4 Å². The molecule has 4 N–H and O–H groups in total. The maximum absolute atomic E-state index is 12.0. The van der Waals surface area contributed by atoms with Crippen molar-refractivity contribution < 1.29 is 4.79 Å². The fourth-order valence-electron chi connectivity index (χ4n) is 3.38. The molecule has 0 fully saturated rings. The fraction of sp³-hybridized carbons (Fsp3) is 0.273. The zero-order chi connectivity index (χ0) is 19.4. The number of fused-ring (bicyclic) bond motifs is 1. The zero-order valence-electron chi connectivity index (χ0n) is 16.0. The minimum Gasteiger partial charge on any atom is -0.404 e. The van der Waals surface area contributed by atoms with E-state index in [1.165, 1.54) is 0 Å². The molecular formula is C22H26N4O. The van der Waals surface area contributed by atoms with E-state index in [0.717, 1.165) is 33.8 Å². The number of hydrogen-bond acceptors (Lipinski definition) is 4. The molecule has 0 aliphatic carbocycles. The van der Waals surface area contributed by atoms with Gasteiger partial charge in [-0.1, -0.05) is 42.5 Å². The van der Waals surface area contributed by atoms with Gasteiger partial charge in [0, 0.05) is 35.5 Å². The summed E-state index contributed by atoms with van der Waals surface area (Å²) in [4.78, 5) is 16.9. The van der Waals surface area contributed by atoms with Crippen LogP contribution in [0, 0.1) is 0 Å². The van der Waals surface area contributed by atoms with E-state index in [4.69, 9.17) is 10.7 Å². The van der Waals surface area contributed by atoms with Crippen molar-refractivity contribution in [1.82, 2.24) is 0 Å². The predicted molar refractivity (Wildman–Crippen MR) is 113 cm³/mol.